The molecule has 8 heteroatoms. The van der Waals surface area contributed by atoms with E-state index in [0.717, 1.165) is 12.1 Å². The van der Waals surface area contributed by atoms with Gasteiger partial charge in [-0.1, -0.05) is 46.9 Å². The van der Waals surface area contributed by atoms with Gasteiger partial charge in [0.2, 0.25) is 0 Å². The average molecular weight is 356 g/mol. The zero-order valence-corrected chi connectivity index (χ0v) is 12.6. The summed E-state index contributed by atoms with van der Waals surface area (Å²) < 4.78 is 37.8. The molecule has 0 amide bonds. The van der Waals surface area contributed by atoms with Crippen LogP contribution in [0, 0.1) is 0 Å². The van der Waals surface area contributed by atoms with Crippen LogP contribution < -0.4 is 5.32 Å². The van der Waals surface area contributed by atoms with Gasteiger partial charge in [0.15, 0.2) is 0 Å². The molecule has 1 aromatic heterocycles. The number of hydrogen-bond acceptors (Lipinski definition) is 2. The maximum Gasteiger partial charge on any atom is 0.416 e. The summed E-state index contributed by atoms with van der Waals surface area (Å²) in [5, 5.41) is 3.32. The van der Waals surface area contributed by atoms with Crippen molar-refractivity contribution in [2.45, 2.75) is 12.7 Å². The van der Waals surface area contributed by atoms with E-state index in [1.807, 2.05) is 0 Å². The van der Waals surface area contributed by atoms with E-state index < -0.39 is 11.7 Å². The zero-order chi connectivity index (χ0) is 15.6. The van der Waals surface area contributed by atoms with Gasteiger partial charge in [-0.3, -0.25) is 0 Å². The molecule has 0 spiro atoms. The Hall–Kier alpha value is -1.17. The van der Waals surface area contributed by atoms with Crippen LogP contribution in [0.15, 0.2) is 30.3 Å². The number of alkyl halides is 3. The number of pyridine rings is 1. The van der Waals surface area contributed by atoms with Crippen molar-refractivity contribution < 1.29 is 13.2 Å². The lowest BCUT2D eigenvalue weighted by Crippen LogP contribution is -2.07. The Morgan fingerprint density at radius 1 is 1.05 bits per heavy atom. The Bertz CT molecular complexity index is 660. The SMILES string of the molecule is FC(F)(F)c1cccc(CNc2nc(Cl)c(Cl)cc2Cl)c1. The molecule has 0 radical (unpaired) electrons. The number of halogens is 6. The van der Waals surface area contributed by atoms with E-state index in [1.54, 1.807) is 6.07 Å². The summed E-state index contributed by atoms with van der Waals surface area (Å²) in [5.41, 5.74) is -0.274. The second-order valence-corrected chi connectivity index (χ2v) is 5.32. The number of aromatic nitrogens is 1. The molecule has 0 aliphatic carbocycles. The monoisotopic (exact) mass is 354 g/mol. The molecule has 1 N–H and O–H groups in total. The van der Waals surface area contributed by atoms with Gasteiger partial charge in [0.05, 0.1) is 15.6 Å². The summed E-state index contributed by atoms with van der Waals surface area (Å²) in [6.07, 6.45) is -4.38. The fourth-order valence-corrected chi connectivity index (χ4v) is 2.18. The van der Waals surface area contributed by atoms with E-state index in [2.05, 4.69) is 10.3 Å². The van der Waals surface area contributed by atoms with Crippen molar-refractivity contribution in [2.24, 2.45) is 0 Å². The van der Waals surface area contributed by atoms with Crippen LogP contribution in [0.3, 0.4) is 0 Å². The molecule has 112 valence electrons. The van der Waals surface area contributed by atoms with E-state index in [1.165, 1.54) is 12.1 Å². The molecule has 0 bridgehead atoms. The third kappa shape index (κ3) is 4.15. The molecule has 2 aromatic rings. The summed E-state index contributed by atoms with van der Waals surface area (Å²) in [7, 11) is 0. The first-order valence-corrected chi connectivity index (χ1v) is 6.82. The molecule has 0 aliphatic rings. The van der Waals surface area contributed by atoms with Crippen molar-refractivity contribution in [2.75, 3.05) is 5.32 Å². The molecule has 2 rings (SSSR count). The standard InChI is InChI=1S/C13H8Cl3F3N2/c14-9-5-10(15)12(21-11(9)16)20-6-7-2-1-3-8(4-7)13(17,18)19/h1-5H,6H2,(H,20,21). The van der Waals surface area contributed by atoms with Crippen LogP contribution in [0.5, 0.6) is 0 Å². The predicted molar refractivity (Wildman–Crippen MR) is 78.0 cm³/mol. The quantitative estimate of drug-likeness (QED) is 0.717. The lowest BCUT2D eigenvalue weighted by atomic mass is 10.1. The molecule has 1 heterocycles. The number of rotatable bonds is 3. The fourth-order valence-electron chi connectivity index (χ4n) is 1.61. The van der Waals surface area contributed by atoms with Crippen molar-refractivity contribution in [3.8, 4) is 0 Å². The summed E-state index contributed by atoms with van der Waals surface area (Å²) >= 11 is 17.4. The van der Waals surface area contributed by atoms with Gasteiger partial charge in [-0.25, -0.2) is 4.98 Å². The molecular weight excluding hydrogens is 348 g/mol. The van der Waals surface area contributed by atoms with Gasteiger partial charge in [0, 0.05) is 6.54 Å². The van der Waals surface area contributed by atoms with Crippen molar-refractivity contribution in [1.82, 2.24) is 4.98 Å². The molecule has 21 heavy (non-hydrogen) atoms. The lowest BCUT2D eigenvalue weighted by Gasteiger charge is -2.11. The molecule has 0 saturated carbocycles. The van der Waals surface area contributed by atoms with E-state index in [4.69, 9.17) is 34.8 Å². The highest BCUT2D eigenvalue weighted by molar-refractivity contribution is 6.42. The van der Waals surface area contributed by atoms with Crippen LogP contribution in [0.2, 0.25) is 15.2 Å². The highest BCUT2D eigenvalue weighted by atomic mass is 35.5. The van der Waals surface area contributed by atoms with Gasteiger partial charge in [-0.05, 0) is 23.8 Å². The van der Waals surface area contributed by atoms with E-state index >= 15 is 0 Å². The van der Waals surface area contributed by atoms with Crippen LogP contribution >= 0.6 is 34.8 Å². The van der Waals surface area contributed by atoms with Crippen LogP contribution in [0.4, 0.5) is 19.0 Å². The van der Waals surface area contributed by atoms with Gasteiger partial charge in [-0.15, -0.1) is 0 Å². The number of anilines is 1. The molecule has 2 nitrogen and oxygen atoms in total. The van der Waals surface area contributed by atoms with Gasteiger partial charge in [-0.2, -0.15) is 13.2 Å². The molecule has 0 fully saturated rings. The topological polar surface area (TPSA) is 24.9 Å². The van der Waals surface area contributed by atoms with Crippen molar-refractivity contribution in [1.29, 1.82) is 0 Å². The highest BCUT2D eigenvalue weighted by Gasteiger charge is 2.30. The first-order valence-electron chi connectivity index (χ1n) is 5.69. The van der Waals surface area contributed by atoms with Crippen molar-refractivity contribution in [3.63, 3.8) is 0 Å². The summed E-state index contributed by atoms with van der Waals surface area (Å²) in [5.74, 6) is 0.253. The second kappa shape index (κ2) is 6.30. The van der Waals surface area contributed by atoms with Crippen LogP contribution in [-0.4, -0.2) is 4.98 Å². The molecule has 0 unspecified atom stereocenters. The summed E-state index contributed by atoms with van der Waals surface area (Å²) in [6, 6.07) is 6.37. The Morgan fingerprint density at radius 2 is 1.76 bits per heavy atom. The van der Waals surface area contributed by atoms with Gasteiger partial charge < -0.3 is 5.32 Å². The molecule has 0 saturated heterocycles. The second-order valence-electron chi connectivity index (χ2n) is 4.14. The van der Waals surface area contributed by atoms with Crippen molar-refractivity contribution in [3.05, 3.63) is 56.7 Å². The highest BCUT2D eigenvalue weighted by Crippen LogP contribution is 2.31. The number of nitrogens with one attached hydrogen (secondary N) is 1. The minimum Gasteiger partial charge on any atom is -0.365 e. The van der Waals surface area contributed by atoms with Crippen LogP contribution in [0.1, 0.15) is 11.1 Å². The first kappa shape index (κ1) is 16.2. The maximum absolute atomic E-state index is 12.6. The molecule has 0 aliphatic heterocycles. The first-order chi connectivity index (χ1) is 9.77. The number of benzene rings is 1. The van der Waals surface area contributed by atoms with E-state index in [9.17, 15) is 13.2 Å². The number of hydrogen-bond donors (Lipinski definition) is 1. The minimum absolute atomic E-state index is 0.0626. The minimum atomic E-state index is -4.38. The van der Waals surface area contributed by atoms with Gasteiger partial charge >= 0.3 is 6.18 Å². The Morgan fingerprint density at radius 3 is 2.43 bits per heavy atom. The third-order valence-corrected chi connectivity index (χ3v) is 3.56. The van der Waals surface area contributed by atoms with E-state index in [0.29, 0.717) is 5.56 Å². The predicted octanol–water partition coefficient (Wildman–Crippen LogP) is 5.67. The van der Waals surface area contributed by atoms with Crippen LogP contribution in [-0.2, 0) is 12.7 Å². The Labute approximate surface area is 133 Å². The Kier molecular flexibility index (Phi) is 4.86. The number of nitrogens with zero attached hydrogens (tertiary/aromatic N) is 1. The summed E-state index contributed by atoms with van der Waals surface area (Å²) in [4.78, 5) is 3.93. The molecule has 0 atom stereocenters. The summed E-state index contributed by atoms with van der Waals surface area (Å²) in [6.45, 7) is 0.120. The van der Waals surface area contributed by atoms with Gasteiger partial charge in [0.1, 0.15) is 11.0 Å². The zero-order valence-electron chi connectivity index (χ0n) is 10.3. The van der Waals surface area contributed by atoms with Gasteiger partial charge in [0.25, 0.3) is 0 Å². The lowest BCUT2D eigenvalue weighted by molar-refractivity contribution is -0.137. The smallest absolute Gasteiger partial charge is 0.365 e. The molecule has 1 aromatic carbocycles. The Balaban J connectivity index is 2.15. The van der Waals surface area contributed by atoms with Crippen LogP contribution in [0.25, 0.3) is 0 Å². The van der Waals surface area contributed by atoms with E-state index in [-0.39, 0.29) is 27.6 Å². The normalized spacial score (nSPS) is 11.5. The average Bonchev–Trinajstić information content (AvgIpc) is 2.41. The van der Waals surface area contributed by atoms with Crippen molar-refractivity contribution >= 4 is 40.6 Å². The molecular formula is C13H8Cl3F3N2. The largest absolute Gasteiger partial charge is 0.416 e. The maximum atomic E-state index is 12.6. The third-order valence-electron chi connectivity index (χ3n) is 2.60. The fraction of sp³-hybridized carbons (Fsp3) is 0.154.